The number of rotatable bonds is 8. The number of halogens is 1. The fourth-order valence-electron chi connectivity index (χ4n) is 2.13. The molecule has 0 unspecified atom stereocenters. The van der Waals surface area contributed by atoms with Crippen LogP contribution in [0, 0.1) is 6.92 Å². The number of nitrogens with zero attached hydrogens (tertiary/aromatic N) is 1. The molecule has 0 aliphatic rings. The van der Waals surface area contributed by atoms with Gasteiger partial charge in [-0.05, 0) is 54.5 Å². The van der Waals surface area contributed by atoms with Gasteiger partial charge in [-0.15, -0.1) is 0 Å². The van der Waals surface area contributed by atoms with Crippen LogP contribution < -0.4 is 25.4 Å². The van der Waals surface area contributed by atoms with Gasteiger partial charge >= 0.3 is 0 Å². The van der Waals surface area contributed by atoms with Crippen molar-refractivity contribution in [3.05, 3.63) is 52.5 Å². The molecule has 0 saturated carbocycles. The molecular formula is C18H20ClN3O3S. The Hall–Kier alpha value is -2.51. The minimum atomic E-state index is 0.0767. The van der Waals surface area contributed by atoms with E-state index in [0.29, 0.717) is 35.3 Å². The fraction of sp³-hybridized carbons (Fsp3) is 0.222. The van der Waals surface area contributed by atoms with Crippen LogP contribution in [0.3, 0.4) is 0 Å². The largest absolute Gasteiger partial charge is 0.493 e. The molecular weight excluding hydrogens is 374 g/mol. The van der Waals surface area contributed by atoms with E-state index in [2.05, 4.69) is 22.7 Å². The van der Waals surface area contributed by atoms with E-state index in [1.807, 2.05) is 31.2 Å². The van der Waals surface area contributed by atoms with Crippen LogP contribution in [-0.4, -0.2) is 31.7 Å². The summed E-state index contributed by atoms with van der Waals surface area (Å²) in [5.41, 5.74) is 9.62. The van der Waals surface area contributed by atoms with Crippen LogP contribution in [0.4, 0.5) is 0 Å². The van der Waals surface area contributed by atoms with Gasteiger partial charge in [0.25, 0.3) is 0 Å². The van der Waals surface area contributed by atoms with Gasteiger partial charge in [-0.25, -0.2) is 0 Å². The monoisotopic (exact) mass is 393 g/mol. The predicted molar refractivity (Wildman–Crippen MR) is 108 cm³/mol. The summed E-state index contributed by atoms with van der Waals surface area (Å²) < 4.78 is 16.7. The molecule has 0 saturated heterocycles. The van der Waals surface area contributed by atoms with Gasteiger partial charge in [0, 0.05) is 0 Å². The summed E-state index contributed by atoms with van der Waals surface area (Å²) in [6, 6.07) is 11.3. The Morgan fingerprint density at radius 1 is 1.27 bits per heavy atom. The van der Waals surface area contributed by atoms with Gasteiger partial charge in [-0.3, -0.25) is 5.43 Å². The third-order valence-corrected chi connectivity index (χ3v) is 3.60. The molecule has 6 nitrogen and oxygen atoms in total. The van der Waals surface area contributed by atoms with E-state index in [1.165, 1.54) is 13.3 Å². The van der Waals surface area contributed by atoms with Gasteiger partial charge in [-0.2, -0.15) is 5.10 Å². The number of nitrogens with two attached hydrogens (primary N) is 1. The highest BCUT2D eigenvalue weighted by molar-refractivity contribution is 7.80. The van der Waals surface area contributed by atoms with Crippen molar-refractivity contribution < 1.29 is 14.2 Å². The first-order valence-electron chi connectivity index (χ1n) is 7.78. The van der Waals surface area contributed by atoms with Gasteiger partial charge < -0.3 is 19.9 Å². The summed E-state index contributed by atoms with van der Waals surface area (Å²) >= 11 is 11.0. The van der Waals surface area contributed by atoms with Crippen LogP contribution in [0.15, 0.2) is 41.5 Å². The minimum Gasteiger partial charge on any atom is -0.493 e. The Morgan fingerprint density at radius 3 is 2.73 bits per heavy atom. The molecule has 138 valence electrons. The Morgan fingerprint density at radius 2 is 2.04 bits per heavy atom. The van der Waals surface area contributed by atoms with Crippen LogP contribution in [-0.2, 0) is 0 Å². The lowest BCUT2D eigenvalue weighted by Crippen LogP contribution is -2.23. The van der Waals surface area contributed by atoms with E-state index >= 15 is 0 Å². The van der Waals surface area contributed by atoms with Crippen molar-refractivity contribution in [1.82, 2.24) is 5.43 Å². The quantitative estimate of drug-likeness (QED) is 0.310. The number of aryl methyl sites for hydroxylation is 1. The fourth-order valence-corrected chi connectivity index (χ4v) is 2.46. The number of methoxy groups -OCH3 is 1. The zero-order valence-corrected chi connectivity index (χ0v) is 16.1. The molecule has 0 spiro atoms. The highest BCUT2D eigenvalue weighted by Gasteiger charge is 2.11. The zero-order chi connectivity index (χ0) is 18.9. The summed E-state index contributed by atoms with van der Waals surface area (Å²) in [6.07, 6.45) is 1.53. The lowest BCUT2D eigenvalue weighted by molar-refractivity contribution is 0.211. The van der Waals surface area contributed by atoms with Crippen LogP contribution in [0.5, 0.6) is 17.2 Å². The molecule has 0 amide bonds. The molecule has 0 bridgehead atoms. The van der Waals surface area contributed by atoms with E-state index < -0.39 is 0 Å². The lowest BCUT2D eigenvalue weighted by Gasteiger charge is -2.14. The highest BCUT2D eigenvalue weighted by Crippen LogP contribution is 2.36. The van der Waals surface area contributed by atoms with Crippen molar-refractivity contribution in [3.63, 3.8) is 0 Å². The molecule has 3 N–H and O–H groups in total. The van der Waals surface area contributed by atoms with Gasteiger partial charge in [0.15, 0.2) is 16.6 Å². The first kappa shape index (κ1) is 19.8. The van der Waals surface area contributed by atoms with Crippen molar-refractivity contribution in [1.29, 1.82) is 0 Å². The van der Waals surface area contributed by atoms with E-state index in [9.17, 15) is 0 Å². The highest BCUT2D eigenvalue weighted by atomic mass is 35.5. The van der Waals surface area contributed by atoms with Crippen LogP contribution >= 0.6 is 23.8 Å². The van der Waals surface area contributed by atoms with Crippen LogP contribution in [0.2, 0.25) is 5.02 Å². The van der Waals surface area contributed by atoms with E-state index in [1.54, 1.807) is 12.1 Å². The SMILES string of the molecule is COc1cc(/C=N/NC(N)=S)cc(Cl)c1OCCOc1cccc(C)c1. The molecule has 8 heteroatoms. The Bertz CT molecular complexity index is 799. The maximum Gasteiger partial charge on any atom is 0.184 e. The van der Waals surface area contributed by atoms with Crippen molar-refractivity contribution in [3.8, 4) is 17.2 Å². The standard InChI is InChI=1S/C18H20ClN3O3S/c1-12-4-3-5-14(8-12)24-6-7-25-17-15(19)9-13(10-16(17)23-2)11-21-22-18(20)26/h3-5,8-11H,6-7H2,1-2H3,(H3,20,22,26)/b21-11+. The molecule has 2 rings (SSSR count). The number of benzene rings is 2. The third-order valence-electron chi connectivity index (χ3n) is 3.23. The van der Waals surface area contributed by atoms with Crippen molar-refractivity contribution in [2.75, 3.05) is 20.3 Å². The number of hydrazone groups is 1. The topological polar surface area (TPSA) is 78.1 Å². The number of nitrogens with one attached hydrogen (secondary N) is 1. The Balaban J connectivity index is 1.97. The maximum absolute atomic E-state index is 6.29. The molecule has 2 aromatic rings. The van der Waals surface area contributed by atoms with Crippen LogP contribution in [0.1, 0.15) is 11.1 Å². The second-order valence-electron chi connectivity index (χ2n) is 5.28. The minimum absolute atomic E-state index is 0.0767. The van der Waals surface area contributed by atoms with E-state index in [-0.39, 0.29) is 5.11 Å². The average molecular weight is 394 g/mol. The molecule has 0 fully saturated rings. The van der Waals surface area contributed by atoms with Gasteiger partial charge in [0.05, 0.1) is 18.3 Å². The van der Waals surface area contributed by atoms with Crippen LogP contribution in [0.25, 0.3) is 0 Å². The Kier molecular flexibility index (Phi) is 7.50. The average Bonchev–Trinajstić information content (AvgIpc) is 2.59. The molecule has 0 heterocycles. The smallest absolute Gasteiger partial charge is 0.184 e. The van der Waals surface area contributed by atoms with Crippen molar-refractivity contribution >= 4 is 35.1 Å². The predicted octanol–water partition coefficient (Wildman–Crippen LogP) is 3.28. The van der Waals surface area contributed by atoms with Gasteiger partial charge in [0.2, 0.25) is 0 Å². The normalized spacial score (nSPS) is 10.6. The first-order valence-corrected chi connectivity index (χ1v) is 8.56. The van der Waals surface area contributed by atoms with Gasteiger partial charge in [0.1, 0.15) is 19.0 Å². The molecule has 0 aliphatic heterocycles. The molecule has 0 atom stereocenters. The molecule has 0 aromatic heterocycles. The molecule has 0 aliphatic carbocycles. The Labute approximate surface area is 162 Å². The summed E-state index contributed by atoms with van der Waals surface area (Å²) in [5.74, 6) is 1.73. The van der Waals surface area contributed by atoms with E-state index in [0.717, 1.165) is 11.3 Å². The second-order valence-corrected chi connectivity index (χ2v) is 6.13. The molecule has 26 heavy (non-hydrogen) atoms. The summed E-state index contributed by atoms with van der Waals surface area (Å²) in [6.45, 7) is 2.71. The van der Waals surface area contributed by atoms with E-state index in [4.69, 9.17) is 31.5 Å². The maximum atomic E-state index is 6.29. The van der Waals surface area contributed by atoms with Crippen molar-refractivity contribution in [2.45, 2.75) is 6.92 Å². The lowest BCUT2D eigenvalue weighted by atomic mass is 10.2. The molecule has 2 aromatic carbocycles. The van der Waals surface area contributed by atoms with Gasteiger partial charge in [-0.1, -0.05) is 23.7 Å². The summed E-state index contributed by atoms with van der Waals surface area (Å²) in [7, 11) is 1.54. The second kappa shape index (κ2) is 9.84. The molecule has 0 radical (unpaired) electrons. The third kappa shape index (κ3) is 6.09. The summed E-state index contributed by atoms with van der Waals surface area (Å²) in [4.78, 5) is 0. The number of hydrogen-bond donors (Lipinski definition) is 2. The number of hydrogen-bond acceptors (Lipinski definition) is 5. The summed E-state index contributed by atoms with van der Waals surface area (Å²) in [5, 5.41) is 4.36. The zero-order valence-electron chi connectivity index (χ0n) is 14.5. The van der Waals surface area contributed by atoms with Crippen molar-refractivity contribution in [2.24, 2.45) is 10.8 Å². The number of ether oxygens (including phenoxy) is 3. The number of thiocarbonyl (C=S) groups is 1. The first-order chi connectivity index (χ1) is 12.5.